The zero-order valence-electron chi connectivity index (χ0n) is 11.8. The number of ether oxygens (including phenoxy) is 1. The molecule has 3 rings (SSSR count). The number of carbonyl (C=O) groups is 2. The summed E-state index contributed by atoms with van der Waals surface area (Å²) in [5.74, 6) is -0.867. The summed E-state index contributed by atoms with van der Waals surface area (Å²) in [6.07, 6.45) is 2.00. The van der Waals surface area contributed by atoms with Crippen molar-refractivity contribution in [3.05, 3.63) is 23.8 Å². The summed E-state index contributed by atoms with van der Waals surface area (Å²) in [4.78, 5) is 27.1. The highest BCUT2D eigenvalue weighted by atomic mass is 16.5. The SMILES string of the molecule is CN1C(=O)C(=O)c2ccc(N(C)C3CCOCC3)cc21. The maximum Gasteiger partial charge on any atom is 0.299 e. The number of fused-ring (bicyclic) bond motifs is 1. The van der Waals surface area contributed by atoms with Crippen molar-refractivity contribution < 1.29 is 14.3 Å². The first kappa shape index (κ1) is 13.1. The van der Waals surface area contributed by atoms with Gasteiger partial charge < -0.3 is 14.5 Å². The van der Waals surface area contributed by atoms with Gasteiger partial charge in [-0.05, 0) is 31.0 Å². The molecular weight excluding hydrogens is 256 g/mol. The molecule has 0 saturated carbocycles. The summed E-state index contributed by atoms with van der Waals surface area (Å²) >= 11 is 0. The van der Waals surface area contributed by atoms with Crippen LogP contribution >= 0.6 is 0 Å². The molecule has 5 nitrogen and oxygen atoms in total. The van der Waals surface area contributed by atoms with Crippen LogP contribution in [0, 0.1) is 0 Å². The van der Waals surface area contributed by atoms with Gasteiger partial charge >= 0.3 is 0 Å². The van der Waals surface area contributed by atoms with Gasteiger partial charge in [-0.25, -0.2) is 0 Å². The molecule has 1 saturated heterocycles. The predicted octanol–water partition coefficient (Wildman–Crippen LogP) is 1.46. The number of likely N-dealkylation sites (N-methyl/N-ethyl adjacent to an activating group) is 1. The van der Waals surface area contributed by atoms with Crippen LogP contribution in [0.3, 0.4) is 0 Å². The average molecular weight is 274 g/mol. The highest BCUT2D eigenvalue weighted by Gasteiger charge is 2.33. The van der Waals surface area contributed by atoms with Gasteiger partial charge in [0.2, 0.25) is 0 Å². The summed E-state index contributed by atoms with van der Waals surface area (Å²) in [5.41, 5.74) is 2.24. The smallest absolute Gasteiger partial charge is 0.299 e. The van der Waals surface area contributed by atoms with Crippen molar-refractivity contribution in [3.63, 3.8) is 0 Å². The Bertz CT molecular complexity index is 564. The number of nitrogens with zero attached hydrogens (tertiary/aromatic N) is 2. The molecule has 0 atom stereocenters. The maximum atomic E-state index is 11.8. The van der Waals surface area contributed by atoms with Gasteiger partial charge in [-0.3, -0.25) is 9.59 Å². The van der Waals surface area contributed by atoms with Crippen molar-refractivity contribution in [2.75, 3.05) is 37.1 Å². The van der Waals surface area contributed by atoms with Crippen LogP contribution in [0.2, 0.25) is 0 Å². The number of carbonyl (C=O) groups excluding carboxylic acids is 2. The maximum absolute atomic E-state index is 11.8. The van der Waals surface area contributed by atoms with Crippen LogP contribution in [0.15, 0.2) is 18.2 Å². The first-order valence-electron chi connectivity index (χ1n) is 6.86. The number of ketones is 1. The fourth-order valence-electron chi connectivity index (χ4n) is 2.87. The lowest BCUT2D eigenvalue weighted by Gasteiger charge is -2.33. The zero-order valence-corrected chi connectivity index (χ0v) is 11.8. The van der Waals surface area contributed by atoms with E-state index in [1.165, 1.54) is 4.90 Å². The Kier molecular flexibility index (Phi) is 3.22. The number of benzene rings is 1. The van der Waals surface area contributed by atoms with Crippen molar-refractivity contribution in [2.24, 2.45) is 0 Å². The summed E-state index contributed by atoms with van der Waals surface area (Å²) in [5, 5.41) is 0. The van der Waals surface area contributed by atoms with Gasteiger partial charge in [0.05, 0.1) is 11.3 Å². The van der Waals surface area contributed by atoms with Crippen LogP contribution in [0.1, 0.15) is 23.2 Å². The van der Waals surface area contributed by atoms with E-state index in [2.05, 4.69) is 11.9 Å². The molecule has 2 aliphatic rings. The van der Waals surface area contributed by atoms with E-state index in [9.17, 15) is 9.59 Å². The van der Waals surface area contributed by atoms with Crippen molar-refractivity contribution >= 4 is 23.1 Å². The highest BCUT2D eigenvalue weighted by Crippen LogP contribution is 2.32. The minimum absolute atomic E-state index is 0.414. The predicted molar refractivity (Wildman–Crippen MR) is 76.4 cm³/mol. The second kappa shape index (κ2) is 4.90. The number of amides is 1. The average Bonchev–Trinajstić information content (AvgIpc) is 2.72. The van der Waals surface area contributed by atoms with Gasteiger partial charge in [0.25, 0.3) is 11.7 Å². The van der Waals surface area contributed by atoms with E-state index in [4.69, 9.17) is 4.74 Å². The minimum Gasteiger partial charge on any atom is -0.381 e. The number of Topliss-reactive ketones (excluding diaryl/α,β-unsaturated/α-hetero) is 1. The van der Waals surface area contributed by atoms with E-state index < -0.39 is 11.7 Å². The Morgan fingerprint density at radius 3 is 2.65 bits per heavy atom. The summed E-state index contributed by atoms with van der Waals surface area (Å²) in [7, 11) is 3.70. The summed E-state index contributed by atoms with van der Waals surface area (Å²) < 4.78 is 5.38. The Hall–Kier alpha value is -1.88. The first-order valence-corrected chi connectivity index (χ1v) is 6.86. The Balaban J connectivity index is 1.89. The number of hydrogen-bond donors (Lipinski definition) is 0. The molecule has 0 unspecified atom stereocenters. The van der Waals surface area contributed by atoms with Crippen LogP contribution in [0.25, 0.3) is 0 Å². The zero-order chi connectivity index (χ0) is 14.3. The first-order chi connectivity index (χ1) is 9.59. The molecule has 1 aromatic carbocycles. The molecule has 0 bridgehead atoms. The molecule has 0 aliphatic carbocycles. The van der Waals surface area contributed by atoms with Gasteiger partial charge in [-0.2, -0.15) is 0 Å². The molecule has 1 amide bonds. The normalized spacial score (nSPS) is 19.4. The van der Waals surface area contributed by atoms with Gasteiger partial charge in [-0.1, -0.05) is 0 Å². The van der Waals surface area contributed by atoms with Crippen LogP contribution < -0.4 is 9.80 Å². The van der Waals surface area contributed by atoms with Crippen LogP contribution in [0.5, 0.6) is 0 Å². The fraction of sp³-hybridized carbons (Fsp3) is 0.467. The van der Waals surface area contributed by atoms with Crippen LogP contribution in [-0.4, -0.2) is 45.0 Å². The fourth-order valence-corrected chi connectivity index (χ4v) is 2.87. The van der Waals surface area contributed by atoms with E-state index in [0.717, 1.165) is 31.7 Å². The Morgan fingerprint density at radius 2 is 1.95 bits per heavy atom. The highest BCUT2D eigenvalue weighted by molar-refractivity contribution is 6.52. The largest absolute Gasteiger partial charge is 0.381 e. The van der Waals surface area contributed by atoms with Crippen molar-refractivity contribution in [2.45, 2.75) is 18.9 Å². The third-order valence-corrected chi connectivity index (χ3v) is 4.23. The lowest BCUT2D eigenvalue weighted by Crippen LogP contribution is -2.36. The second-order valence-corrected chi connectivity index (χ2v) is 5.35. The molecule has 106 valence electrons. The van der Waals surface area contributed by atoms with Crippen molar-refractivity contribution in [1.82, 2.24) is 0 Å². The molecule has 20 heavy (non-hydrogen) atoms. The van der Waals surface area contributed by atoms with Crippen LogP contribution in [-0.2, 0) is 9.53 Å². The topological polar surface area (TPSA) is 49.9 Å². The number of anilines is 2. The standard InChI is InChI=1S/C15H18N2O3/c1-16(10-5-7-20-8-6-10)11-3-4-12-13(9-11)17(2)15(19)14(12)18/h3-4,9-10H,5-8H2,1-2H3. The number of hydrogen-bond acceptors (Lipinski definition) is 4. The second-order valence-electron chi connectivity index (χ2n) is 5.35. The van der Waals surface area contributed by atoms with Crippen molar-refractivity contribution in [1.29, 1.82) is 0 Å². The van der Waals surface area contributed by atoms with E-state index >= 15 is 0 Å². The summed E-state index contributed by atoms with van der Waals surface area (Å²) in [6.45, 7) is 1.58. The molecule has 0 radical (unpaired) electrons. The van der Waals surface area contributed by atoms with Crippen LogP contribution in [0.4, 0.5) is 11.4 Å². The van der Waals surface area contributed by atoms with Crippen molar-refractivity contribution in [3.8, 4) is 0 Å². The molecule has 2 aliphatic heterocycles. The quantitative estimate of drug-likeness (QED) is 0.766. The molecule has 5 heteroatoms. The molecule has 2 heterocycles. The number of rotatable bonds is 2. The molecule has 1 aromatic rings. The van der Waals surface area contributed by atoms with E-state index in [-0.39, 0.29) is 0 Å². The summed E-state index contributed by atoms with van der Waals surface area (Å²) in [6, 6.07) is 6.04. The van der Waals surface area contributed by atoms with E-state index in [1.807, 2.05) is 12.1 Å². The monoisotopic (exact) mass is 274 g/mol. The molecule has 0 aromatic heterocycles. The Morgan fingerprint density at radius 1 is 1.25 bits per heavy atom. The van der Waals surface area contributed by atoms with Gasteiger partial charge in [0.15, 0.2) is 0 Å². The molecule has 0 N–H and O–H groups in total. The van der Waals surface area contributed by atoms with Gasteiger partial charge in [-0.15, -0.1) is 0 Å². The minimum atomic E-state index is -0.453. The Labute approximate surface area is 118 Å². The van der Waals surface area contributed by atoms with Gasteiger partial charge in [0.1, 0.15) is 0 Å². The van der Waals surface area contributed by atoms with E-state index in [0.29, 0.717) is 17.3 Å². The third-order valence-electron chi connectivity index (χ3n) is 4.23. The molecule has 0 spiro atoms. The van der Waals surface area contributed by atoms with E-state index in [1.54, 1.807) is 13.1 Å². The lowest BCUT2D eigenvalue weighted by molar-refractivity contribution is -0.114. The molecule has 1 fully saturated rings. The third kappa shape index (κ3) is 1.98. The van der Waals surface area contributed by atoms with Gasteiger partial charge in [0, 0.05) is 39.0 Å². The lowest BCUT2D eigenvalue weighted by atomic mass is 10.1. The molecular formula is C15H18N2O3.